The number of fused-ring (bicyclic) bond motifs is 1. The lowest BCUT2D eigenvalue weighted by molar-refractivity contribution is 0.0246. The van der Waals surface area contributed by atoms with E-state index >= 15 is 0 Å². The van der Waals surface area contributed by atoms with Gasteiger partial charge < -0.3 is 15.7 Å². The van der Waals surface area contributed by atoms with Crippen molar-refractivity contribution in [1.29, 1.82) is 0 Å². The van der Waals surface area contributed by atoms with E-state index < -0.39 is 5.60 Å². The van der Waals surface area contributed by atoms with Crippen molar-refractivity contribution < 1.29 is 9.90 Å². The molecule has 1 amide bonds. The number of nitrogens with one attached hydrogen (secondary N) is 2. The highest BCUT2D eigenvalue weighted by atomic mass is 16.3. The summed E-state index contributed by atoms with van der Waals surface area (Å²) in [5, 5.41) is 17.0. The lowest BCUT2D eigenvalue weighted by atomic mass is 9.93. The van der Waals surface area contributed by atoms with Crippen molar-refractivity contribution in [3.05, 3.63) is 34.9 Å². The minimum absolute atomic E-state index is 0.0450. The Morgan fingerprint density at radius 3 is 2.77 bits per heavy atom. The average molecular weight is 302 g/mol. The maximum absolute atomic E-state index is 12.5. The van der Waals surface area contributed by atoms with E-state index in [1.165, 1.54) is 18.4 Å². The van der Waals surface area contributed by atoms with E-state index in [9.17, 15) is 9.90 Å². The average Bonchev–Trinajstić information content (AvgIpc) is 2.77. The lowest BCUT2D eigenvalue weighted by Crippen LogP contribution is -2.43. The van der Waals surface area contributed by atoms with Crippen molar-refractivity contribution in [2.45, 2.75) is 57.1 Å². The van der Waals surface area contributed by atoms with Crippen LogP contribution in [0, 0.1) is 0 Å². The summed E-state index contributed by atoms with van der Waals surface area (Å²) >= 11 is 0. The van der Waals surface area contributed by atoms with Crippen molar-refractivity contribution in [1.82, 2.24) is 10.6 Å². The molecule has 1 saturated carbocycles. The van der Waals surface area contributed by atoms with Crippen molar-refractivity contribution in [2.75, 3.05) is 13.1 Å². The standard InChI is InChI=1S/C18H26N2O2/c21-17(20-13-18(22)9-3-1-2-4-10-18)16-7-5-6-14-12-19-11-8-15(14)16/h5-7,19,22H,1-4,8-13H2,(H,20,21). The number of carbonyl (C=O) groups is 1. The molecule has 4 nitrogen and oxygen atoms in total. The molecule has 4 heteroatoms. The third kappa shape index (κ3) is 3.50. The smallest absolute Gasteiger partial charge is 0.251 e. The van der Waals surface area contributed by atoms with Crippen LogP contribution in [-0.2, 0) is 13.0 Å². The number of aliphatic hydroxyl groups is 1. The van der Waals surface area contributed by atoms with Crippen LogP contribution in [0.15, 0.2) is 18.2 Å². The number of rotatable bonds is 3. The largest absolute Gasteiger partial charge is 0.388 e. The van der Waals surface area contributed by atoms with Crippen LogP contribution in [-0.4, -0.2) is 29.7 Å². The zero-order valence-corrected chi connectivity index (χ0v) is 13.2. The van der Waals surface area contributed by atoms with Gasteiger partial charge in [-0.1, -0.05) is 37.8 Å². The molecule has 3 N–H and O–H groups in total. The fourth-order valence-electron chi connectivity index (χ4n) is 3.65. The molecule has 120 valence electrons. The summed E-state index contributed by atoms with van der Waals surface area (Å²) in [6.45, 7) is 2.12. The Hall–Kier alpha value is -1.39. The number of hydrogen-bond donors (Lipinski definition) is 3. The highest BCUT2D eigenvalue weighted by molar-refractivity contribution is 5.96. The highest BCUT2D eigenvalue weighted by Crippen LogP contribution is 2.26. The van der Waals surface area contributed by atoms with Gasteiger partial charge in [0.15, 0.2) is 0 Å². The molecule has 1 aliphatic carbocycles. The molecule has 1 aromatic rings. The Morgan fingerprint density at radius 2 is 2.00 bits per heavy atom. The molecule has 0 bridgehead atoms. The first-order chi connectivity index (χ1) is 10.7. The second-order valence-electron chi connectivity index (χ2n) is 6.69. The van der Waals surface area contributed by atoms with Crippen LogP contribution in [0.25, 0.3) is 0 Å². The molecule has 22 heavy (non-hydrogen) atoms. The predicted octanol–water partition coefficient (Wildman–Crippen LogP) is 2.15. The van der Waals surface area contributed by atoms with Crippen LogP contribution in [0.5, 0.6) is 0 Å². The SMILES string of the molecule is O=C(NCC1(O)CCCCCC1)c1cccc2c1CCNC2. The molecule has 2 aliphatic rings. The second-order valence-corrected chi connectivity index (χ2v) is 6.69. The lowest BCUT2D eigenvalue weighted by Gasteiger charge is -2.27. The van der Waals surface area contributed by atoms with E-state index in [2.05, 4.69) is 16.7 Å². The molecule has 1 heterocycles. The second kappa shape index (κ2) is 6.80. The van der Waals surface area contributed by atoms with E-state index in [1.807, 2.05) is 12.1 Å². The zero-order chi connectivity index (χ0) is 15.4. The molecular formula is C18H26N2O2. The van der Waals surface area contributed by atoms with Gasteiger partial charge in [0.2, 0.25) is 0 Å². The summed E-state index contributed by atoms with van der Waals surface area (Å²) in [6, 6.07) is 5.93. The van der Waals surface area contributed by atoms with Crippen molar-refractivity contribution in [2.24, 2.45) is 0 Å². The van der Waals surface area contributed by atoms with Crippen molar-refractivity contribution in [3.63, 3.8) is 0 Å². The summed E-state index contributed by atoms with van der Waals surface area (Å²) in [7, 11) is 0. The maximum Gasteiger partial charge on any atom is 0.251 e. The summed E-state index contributed by atoms with van der Waals surface area (Å²) in [6.07, 6.45) is 6.97. The van der Waals surface area contributed by atoms with Gasteiger partial charge in [-0.2, -0.15) is 0 Å². The quantitative estimate of drug-likeness (QED) is 0.750. The molecule has 1 aromatic carbocycles. The summed E-state index contributed by atoms with van der Waals surface area (Å²) in [4.78, 5) is 12.5. The van der Waals surface area contributed by atoms with Gasteiger partial charge in [-0.25, -0.2) is 0 Å². The Balaban J connectivity index is 1.67. The summed E-state index contributed by atoms with van der Waals surface area (Å²) in [5.74, 6) is -0.0450. The molecule has 0 unspecified atom stereocenters. The van der Waals surface area contributed by atoms with Crippen molar-refractivity contribution >= 4 is 5.91 Å². The number of benzene rings is 1. The third-order valence-electron chi connectivity index (χ3n) is 5.00. The first-order valence-electron chi connectivity index (χ1n) is 8.50. The van der Waals surface area contributed by atoms with Crippen LogP contribution in [0.3, 0.4) is 0 Å². The molecule has 1 fully saturated rings. The molecule has 0 atom stereocenters. The van der Waals surface area contributed by atoms with E-state index in [0.29, 0.717) is 6.54 Å². The number of carbonyl (C=O) groups excluding carboxylic acids is 1. The summed E-state index contributed by atoms with van der Waals surface area (Å²) in [5.41, 5.74) is 2.43. The first-order valence-corrected chi connectivity index (χ1v) is 8.50. The Bertz CT molecular complexity index is 534. The van der Waals surface area contributed by atoms with Gasteiger partial charge >= 0.3 is 0 Å². The first kappa shape index (κ1) is 15.5. The Labute approximate surface area is 132 Å². The van der Waals surface area contributed by atoms with Crippen LogP contribution < -0.4 is 10.6 Å². The normalized spacial score (nSPS) is 20.8. The van der Waals surface area contributed by atoms with E-state index in [4.69, 9.17) is 0 Å². The molecule has 0 aromatic heterocycles. The molecule has 0 radical (unpaired) electrons. The predicted molar refractivity (Wildman–Crippen MR) is 86.8 cm³/mol. The minimum Gasteiger partial charge on any atom is -0.388 e. The van der Waals surface area contributed by atoms with Crippen LogP contribution >= 0.6 is 0 Å². The number of hydrogen-bond acceptors (Lipinski definition) is 3. The highest BCUT2D eigenvalue weighted by Gasteiger charge is 2.29. The monoisotopic (exact) mass is 302 g/mol. The zero-order valence-electron chi connectivity index (χ0n) is 13.2. The van der Waals surface area contributed by atoms with Crippen LogP contribution in [0.4, 0.5) is 0 Å². The van der Waals surface area contributed by atoms with Gasteiger partial charge in [-0.3, -0.25) is 4.79 Å². The Kier molecular flexibility index (Phi) is 4.79. The third-order valence-corrected chi connectivity index (χ3v) is 5.00. The maximum atomic E-state index is 12.5. The Morgan fingerprint density at radius 1 is 1.23 bits per heavy atom. The molecular weight excluding hydrogens is 276 g/mol. The fraction of sp³-hybridized carbons (Fsp3) is 0.611. The van der Waals surface area contributed by atoms with Gasteiger partial charge in [0.1, 0.15) is 0 Å². The van der Waals surface area contributed by atoms with Crippen LogP contribution in [0.1, 0.15) is 60.0 Å². The van der Waals surface area contributed by atoms with E-state index in [1.54, 1.807) is 0 Å². The fourth-order valence-corrected chi connectivity index (χ4v) is 3.65. The summed E-state index contributed by atoms with van der Waals surface area (Å²) < 4.78 is 0. The number of amides is 1. The van der Waals surface area contributed by atoms with Gasteiger partial charge in [0.05, 0.1) is 5.60 Å². The molecule has 0 saturated heterocycles. The minimum atomic E-state index is -0.720. The van der Waals surface area contributed by atoms with E-state index in [0.717, 1.165) is 56.3 Å². The van der Waals surface area contributed by atoms with Gasteiger partial charge in [0.25, 0.3) is 5.91 Å². The van der Waals surface area contributed by atoms with Crippen LogP contribution in [0.2, 0.25) is 0 Å². The van der Waals surface area contributed by atoms with E-state index in [-0.39, 0.29) is 5.91 Å². The van der Waals surface area contributed by atoms with Crippen molar-refractivity contribution in [3.8, 4) is 0 Å². The van der Waals surface area contributed by atoms with Gasteiger partial charge in [-0.15, -0.1) is 0 Å². The molecule has 0 spiro atoms. The topological polar surface area (TPSA) is 61.4 Å². The molecule has 3 rings (SSSR count). The molecule has 1 aliphatic heterocycles. The van der Waals surface area contributed by atoms with Gasteiger partial charge in [0, 0.05) is 18.7 Å². The van der Waals surface area contributed by atoms with Gasteiger partial charge in [-0.05, 0) is 43.0 Å².